The molecule has 4 aromatic heterocycles. The summed E-state index contributed by atoms with van der Waals surface area (Å²) in [4.78, 5) is 0. The molecule has 0 N–H and O–H groups in total. The van der Waals surface area contributed by atoms with Crippen molar-refractivity contribution in [3.8, 4) is 33.6 Å². The third-order valence-electron chi connectivity index (χ3n) is 13.1. The number of aromatic nitrogens is 2. The normalized spacial score (nSPS) is 12.2. The van der Waals surface area contributed by atoms with Gasteiger partial charge in [-0.1, -0.05) is 127 Å². The molecule has 14 aromatic rings. The van der Waals surface area contributed by atoms with Crippen LogP contribution in [0.25, 0.3) is 132 Å². The zero-order valence-corrected chi connectivity index (χ0v) is 33.3. The molecule has 0 aliphatic heterocycles. The van der Waals surface area contributed by atoms with Crippen molar-refractivity contribution in [2.75, 3.05) is 0 Å². The molecule has 0 amide bonds. The Bertz CT molecular complexity index is 4160. The van der Waals surface area contributed by atoms with Crippen molar-refractivity contribution in [2.45, 2.75) is 0 Å². The molecule has 14 rings (SSSR count). The Morgan fingerprint density at radius 3 is 1.66 bits per heavy atom. The molecule has 0 unspecified atom stereocenters. The van der Waals surface area contributed by atoms with Crippen molar-refractivity contribution in [1.82, 2.24) is 9.13 Å². The number of nitrogens with zero attached hydrogens (tertiary/aromatic N) is 2. The van der Waals surface area contributed by atoms with Crippen molar-refractivity contribution >= 4 is 98.3 Å². The van der Waals surface area contributed by atoms with E-state index in [1.807, 2.05) is 18.2 Å². The van der Waals surface area contributed by atoms with Gasteiger partial charge in [0.2, 0.25) is 0 Å². The number of fused-ring (bicyclic) bond motifs is 14. The quantitative estimate of drug-likeness (QED) is 0.178. The smallest absolute Gasteiger partial charge is 0.159 e. The van der Waals surface area contributed by atoms with E-state index in [2.05, 4.69) is 197 Å². The van der Waals surface area contributed by atoms with Gasteiger partial charge >= 0.3 is 0 Å². The average Bonchev–Trinajstić information content (AvgIpc) is 4.09. The highest BCUT2D eigenvalue weighted by molar-refractivity contribution is 6.22. The second-order valence-corrected chi connectivity index (χ2v) is 16.4. The summed E-state index contributed by atoms with van der Waals surface area (Å²) in [6.45, 7) is 0. The minimum Gasteiger partial charge on any atom is -0.456 e. The van der Waals surface area contributed by atoms with E-state index in [1.165, 1.54) is 65.6 Å². The highest BCUT2D eigenvalue weighted by Crippen LogP contribution is 2.42. The minimum atomic E-state index is 0.897. The number of rotatable bonds is 4. The maximum Gasteiger partial charge on any atom is 0.159 e. The third-order valence-corrected chi connectivity index (χ3v) is 13.1. The van der Waals surface area contributed by atoms with Crippen LogP contribution in [0.3, 0.4) is 0 Å². The lowest BCUT2D eigenvalue weighted by Gasteiger charge is -2.11. The lowest BCUT2D eigenvalue weighted by molar-refractivity contribution is 0.666. The Morgan fingerprint density at radius 2 is 0.839 bits per heavy atom. The van der Waals surface area contributed by atoms with Crippen LogP contribution in [0.1, 0.15) is 0 Å². The van der Waals surface area contributed by atoms with E-state index in [9.17, 15) is 0 Å². The van der Waals surface area contributed by atoms with Crippen molar-refractivity contribution in [2.24, 2.45) is 0 Å². The van der Waals surface area contributed by atoms with Crippen LogP contribution < -0.4 is 0 Å². The predicted molar refractivity (Wildman–Crippen MR) is 258 cm³/mol. The summed E-state index contributed by atoms with van der Waals surface area (Å²) in [6, 6.07) is 74.5. The predicted octanol–water partition coefficient (Wildman–Crippen LogP) is 16.2. The molecule has 0 saturated heterocycles. The van der Waals surface area contributed by atoms with Gasteiger partial charge in [0.15, 0.2) is 5.58 Å². The van der Waals surface area contributed by atoms with Crippen LogP contribution in [0.4, 0.5) is 0 Å². The van der Waals surface area contributed by atoms with E-state index >= 15 is 0 Å². The van der Waals surface area contributed by atoms with Crippen molar-refractivity contribution in [1.29, 1.82) is 0 Å². The molecular formula is C58H34N2O2. The Hall–Kier alpha value is -8.34. The first-order chi connectivity index (χ1) is 30.7. The van der Waals surface area contributed by atoms with Gasteiger partial charge in [0.1, 0.15) is 16.7 Å². The lowest BCUT2D eigenvalue weighted by atomic mass is 9.99. The Morgan fingerprint density at radius 1 is 0.290 bits per heavy atom. The van der Waals surface area contributed by atoms with E-state index < -0.39 is 0 Å². The molecule has 0 atom stereocenters. The molecule has 10 aromatic carbocycles. The molecular weight excluding hydrogens is 757 g/mol. The third kappa shape index (κ3) is 4.72. The molecule has 0 bridgehead atoms. The Balaban J connectivity index is 0.928. The Kier molecular flexibility index (Phi) is 6.80. The summed E-state index contributed by atoms with van der Waals surface area (Å²) >= 11 is 0. The van der Waals surface area contributed by atoms with Crippen LogP contribution in [0, 0.1) is 0 Å². The monoisotopic (exact) mass is 790 g/mol. The van der Waals surface area contributed by atoms with Crippen molar-refractivity contribution in [3.05, 3.63) is 206 Å². The van der Waals surface area contributed by atoms with Gasteiger partial charge in [0, 0.05) is 48.8 Å². The fraction of sp³-hybridized carbons (Fsp3) is 0. The van der Waals surface area contributed by atoms with E-state index in [0.717, 1.165) is 66.3 Å². The fourth-order valence-electron chi connectivity index (χ4n) is 10.3. The molecule has 4 nitrogen and oxygen atoms in total. The summed E-state index contributed by atoms with van der Waals surface area (Å²) in [7, 11) is 0. The van der Waals surface area contributed by atoms with Gasteiger partial charge in [-0.3, -0.25) is 0 Å². The standard InChI is InChI=1S/C58H34N2O2/c1-2-11-41-36(10-1)22-30-52-57(41)48-34-39(24-29-51(48)59(52)40-26-20-35(21-27-40)37-25-31-56-47(33-37)44-14-5-7-18-54(44)61-56)38-23-28-50-46(32-38)42-12-3-6-16-49(42)60(50)53-17-9-15-45-43-13-4-8-19-55(43)62-58(45)53/h1-34H. The van der Waals surface area contributed by atoms with E-state index in [1.54, 1.807) is 0 Å². The molecule has 4 heteroatoms. The molecule has 0 fully saturated rings. The first kappa shape index (κ1) is 33.5. The average molecular weight is 791 g/mol. The van der Waals surface area contributed by atoms with Crippen molar-refractivity contribution in [3.63, 3.8) is 0 Å². The molecule has 0 aliphatic rings. The van der Waals surface area contributed by atoms with Gasteiger partial charge in [-0.2, -0.15) is 0 Å². The fourth-order valence-corrected chi connectivity index (χ4v) is 10.3. The first-order valence-corrected chi connectivity index (χ1v) is 21.2. The van der Waals surface area contributed by atoms with E-state index in [4.69, 9.17) is 8.83 Å². The van der Waals surface area contributed by atoms with Crippen LogP contribution in [-0.4, -0.2) is 9.13 Å². The van der Waals surface area contributed by atoms with Crippen molar-refractivity contribution < 1.29 is 8.83 Å². The van der Waals surface area contributed by atoms with Gasteiger partial charge in [0.05, 0.1) is 27.8 Å². The highest BCUT2D eigenvalue weighted by Gasteiger charge is 2.20. The number of para-hydroxylation sites is 4. The van der Waals surface area contributed by atoms with Crippen LogP contribution >= 0.6 is 0 Å². The van der Waals surface area contributed by atoms with E-state index in [0.29, 0.717) is 0 Å². The van der Waals surface area contributed by atoms with Gasteiger partial charge in [0.25, 0.3) is 0 Å². The molecule has 4 heterocycles. The minimum absolute atomic E-state index is 0.897. The zero-order valence-electron chi connectivity index (χ0n) is 33.3. The summed E-state index contributed by atoms with van der Waals surface area (Å²) in [5.41, 5.74) is 15.1. The summed E-state index contributed by atoms with van der Waals surface area (Å²) < 4.78 is 17.5. The number of hydrogen-bond donors (Lipinski definition) is 0. The number of furan rings is 2. The summed E-state index contributed by atoms with van der Waals surface area (Å²) in [5, 5.41) is 11.9. The molecule has 0 radical (unpaired) electrons. The number of benzene rings is 10. The second-order valence-electron chi connectivity index (χ2n) is 16.4. The molecule has 62 heavy (non-hydrogen) atoms. The maximum absolute atomic E-state index is 6.56. The zero-order chi connectivity index (χ0) is 40.5. The highest BCUT2D eigenvalue weighted by atomic mass is 16.3. The molecule has 0 aliphatic carbocycles. The number of hydrogen-bond acceptors (Lipinski definition) is 2. The van der Waals surface area contributed by atoms with Crippen LogP contribution in [0.15, 0.2) is 215 Å². The van der Waals surface area contributed by atoms with Crippen LogP contribution in [-0.2, 0) is 0 Å². The Labute approximate surface area is 354 Å². The van der Waals surface area contributed by atoms with Gasteiger partial charge in [-0.15, -0.1) is 0 Å². The lowest BCUT2D eigenvalue weighted by Crippen LogP contribution is -1.94. The van der Waals surface area contributed by atoms with Gasteiger partial charge in [-0.25, -0.2) is 0 Å². The van der Waals surface area contributed by atoms with Crippen LogP contribution in [0.5, 0.6) is 0 Å². The first-order valence-electron chi connectivity index (χ1n) is 21.2. The summed E-state index contributed by atoms with van der Waals surface area (Å²) in [6.07, 6.45) is 0. The van der Waals surface area contributed by atoms with E-state index in [-0.39, 0.29) is 0 Å². The second kappa shape index (κ2) is 12.6. The van der Waals surface area contributed by atoms with Crippen LogP contribution in [0.2, 0.25) is 0 Å². The molecule has 0 saturated carbocycles. The van der Waals surface area contributed by atoms with Gasteiger partial charge in [-0.05, 0) is 112 Å². The largest absolute Gasteiger partial charge is 0.456 e. The molecule has 0 spiro atoms. The SMILES string of the molecule is c1ccc2c(c1)ccc1c2c2cc(-c3ccc4c(c3)c3ccccc3n4-c3cccc4c3oc3ccccc34)ccc2n1-c1ccc(-c2ccc3oc4ccccc4c3c2)cc1. The topological polar surface area (TPSA) is 36.1 Å². The molecule has 288 valence electrons. The summed E-state index contributed by atoms with van der Waals surface area (Å²) in [5.74, 6) is 0. The van der Waals surface area contributed by atoms with Gasteiger partial charge < -0.3 is 18.0 Å². The maximum atomic E-state index is 6.56.